The fourth-order valence-corrected chi connectivity index (χ4v) is 1.93. The van der Waals surface area contributed by atoms with Crippen LogP contribution in [0.25, 0.3) is 0 Å². The number of para-hydroxylation sites is 1. The topological polar surface area (TPSA) is 29.5 Å². The van der Waals surface area contributed by atoms with Crippen molar-refractivity contribution in [1.82, 2.24) is 0 Å². The molecule has 0 aromatic heterocycles. The van der Waals surface area contributed by atoms with Crippen molar-refractivity contribution in [2.24, 2.45) is 5.92 Å². The summed E-state index contributed by atoms with van der Waals surface area (Å²) < 4.78 is 5.60. The smallest absolute Gasteiger partial charge is 0.124 e. The molecule has 0 amide bonds. The molecule has 1 aliphatic rings. The van der Waals surface area contributed by atoms with E-state index in [0.29, 0.717) is 12.5 Å². The van der Waals surface area contributed by atoms with Crippen molar-refractivity contribution >= 4 is 7.28 Å². The van der Waals surface area contributed by atoms with Gasteiger partial charge in [-0.2, -0.15) is 0 Å². The van der Waals surface area contributed by atoms with Crippen LogP contribution < -0.4 is 4.74 Å². The molecule has 0 aliphatic carbocycles. The lowest BCUT2D eigenvalue weighted by atomic mass is 9.76. The van der Waals surface area contributed by atoms with Crippen LogP contribution in [0.15, 0.2) is 30.3 Å². The van der Waals surface area contributed by atoms with Crippen molar-refractivity contribution in [2.75, 3.05) is 6.61 Å². The van der Waals surface area contributed by atoms with Crippen LogP contribution in [0, 0.1) is 5.92 Å². The maximum absolute atomic E-state index is 9.59. The van der Waals surface area contributed by atoms with Crippen molar-refractivity contribution in [3.8, 4) is 5.75 Å². The molecule has 1 heterocycles. The summed E-state index contributed by atoms with van der Waals surface area (Å²) in [4.78, 5) is 0. The van der Waals surface area contributed by atoms with E-state index in [9.17, 15) is 5.11 Å². The fraction of sp³-hybridized carbons (Fsp3) is 0.455. The van der Waals surface area contributed by atoms with E-state index in [1.807, 2.05) is 30.3 Å². The van der Waals surface area contributed by atoms with Crippen molar-refractivity contribution in [2.45, 2.75) is 18.7 Å². The molecule has 0 bridgehead atoms. The predicted molar refractivity (Wildman–Crippen MR) is 58.2 cm³/mol. The second-order valence-corrected chi connectivity index (χ2v) is 3.88. The summed E-state index contributed by atoms with van der Waals surface area (Å²) >= 11 is 0. The highest BCUT2D eigenvalue weighted by Gasteiger charge is 2.26. The molecule has 2 rings (SSSR count). The van der Waals surface area contributed by atoms with Crippen LogP contribution in [0.5, 0.6) is 5.75 Å². The second-order valence-electron chi connectivity index (χ2n) is 3.88. The van der Waals surface area contributed by atoms with Gasteiger partial charge in [0.2, 0.25) is 0 Å². The number of hydrogen-bond donors (Lipinski definition) is 1. The zero-order chi connectivity index (χ0) is 9.80. The first-order valence-corrected chi connectivity index (χ1v) is 5.22. The molecule has 14 heavy (non-hydrogen) atoms. The summed E-state index contributed by atoms with van der Waals surface area (Å²) in [5.41, 5.74) is 0. The quantitative estimate of drug-likeness (QED) is 0.728. The van der Waals surface area contributed by atoms with Crippen LogP contribution in [-0.2, 0) is 0 Å². The van der Waals surface area contributed by atoms with E-state index in [1.54, 1.807) is 0 Å². The largest absolute Gasteiger partial charge is 0.493 e. The molecule has 1 N–H and O–H groups in total. The number of aliphatic hydroxyl groups excluding tert-OH is 1. The van der Waals surface area contributed by atoms with Crippen LogP contribution in [0.3, 0.4) is 0 Å². The number of hydrogen-bond acceptors (Lipinski definition) is 2. The molecule has 1 fully saturated rings. The van der Waals surface area contributed by atoms with Gasteiger partial charge in [0, 0.05) is 5.92 Å². The van der Waals surface area contributed by atoms with Gasteiger partial charge in [-0.05, 0) is 12.1 Å². The maximum Gasteiger partial charge on any atom is 0.124 e. The minimum atomic E-state index is -0.154. The van der Waals surface area contributed by atoms with Gasteiger partial charge in [-0.1, -0.05) is 30.8 Å². The van der Waals surface area contributed by atoms with Gasteiger partial charge in [-0.25, -0.2) is 0 Å². The molecule has 0 radical (unpaired) electrons. The Morgan fingerprint density at radius 3 is 2.71 bits per heavy atom. The van der Waals surface area contributed by atoms with Crippen molar-refractivity contribution in [3.05, 3.63) is 30.3 Å². The van der Waals surface area contributed by atoms with Gasteiger partial charge in [-0.3, -0.25) is 0 Å². The molecule has 0 unspecified atom stereocenters. The van der Waals surface area contributed by atoms with Gasteiger partial charge < -0.3 is 9.84 Å². The van der Waals surface area contributed by atoms with E-state index in [0.717, 1.165) is 25.7 Å². The second kappa shape index (κ2) is 4.51. The molecule has 1 aliphatic heterocycles. The van der Waals surface area contributed by atoms with Crippen molar-refractivity contribution in [3.63, 3.8) is 0 Å². The van der Waals surface area contributed by atoms with Crippen LogP contribution in [0.1, 0.15) is 0 Å². The lowest BCUT2D eigenvalue weighted by Crippen LogP contribution is -2.19. The van der Waals surface area contributed by atoms with Crippen LogP contribution in [0.2, 0.25) is 12.6 Å². The molecular formula is C11H15BO2. The third-order valence-electron chi connectivity index (χ3n) is 2.83. The summed E-state index contributed by atoms with van der Waals surface area (Å²) in [6.07, 6.45) is 1.87. The molecular weight excluding hydrogens is 175 g/mol. The Hall–Kier alpha value is -0.955. The Labute approximate surface area is 85.1 Å². The highest BCUT2D eigenvalue weighted by Crippen LogP contribution is 2.22. The molecule has 2 nitrogen and oxygen atoms in total. The number of aliphatic hydroxyl groups is 1. The molecule has 0 saturated carbocycles. The summed E-state index contributed by atoms with van der Waals surface area (Å²) in [6, 6.07) is 9.78. The Kier molecular flexibility index (Phi) is 3.09. The third kappa shape index (κ3) is 2.29. The van der Waals surface area contributed by atoms with Crippen molar-refractivity contribution < 1.29 is 9.84 Å². The van der Waals surface area contributed by atoms with Gasteiger partial charge in [-0.15, -0.1) is 0 Å². The SMILES string of the molecule is O[C@@H]1CBC[C@H]1COc1ccccc1. The maximum atomic E-state index is 9.59. The highest BCUT2D eigenvalue weighted by molar-refractivity contribution is 6.37. The average molecular weight is 190 g/mol. The zero-order valence-corrected chi connectivity index (χ0v) is 8.23. The Balaban J connectivity index is 1.82. The molecule has 74 valence electrons. The summed E-state index contributed by atoms with van der Waals surface area (Å²) in [5, 5.41) is 9.59. The summed E-state index contributed by atoms with van der Waals surface area (Å²) in [7, 11) is 1.13. The van der Waals surface area contributed by atoms with Crippen LogP contribution >= 0.6 is 0 Å². The predicted octanol–water partition coefficient (Wildman–Crippen LogP) is 1.33. The van der Waals surface area contributed by atoms with E-state index >= 15 is 0 Å². The van der Waals surface area contributed by atoms with Crippen LogP contribution in [-0.4, -0.2) is 25.1 Å². The molecule has 1 aromatic rings. The number of rotatable bonds is 3. The summed E-state index contributed by atoms with van der Waals surface area (Å²) in [6.45, 7) is 0.644. The van der Waals surface area contributed by atoms with E-state index in [2.05, 4.69) is 0 Å². The number of ether oxygens (including phenoxy) is 1. The van der Waals surface area contributed by atoms with E-state index in [1.165, 1.54) is 0 Å². The van der Waals surface area contributed by atoms with Gasteiger partial charge in [0.15, 0.2) is 0 Å². The first-order chi connectivity index (χ1) is 6.86. The van der Waals surface area contributed by atoms with Gasteiger partial charge in [0.1, 0.15) is 13.0 Å². The Morgan fingerprint density at radius 2 is 2.07 bits per heavy atom. The normalized spacial score (nSPS) is 25.8. The molecule has 2 atom stereocenters. The van der Waals surface area contributed by atoms with E-state index in [4.69, 9.17) is 4.74 Å². The highest BCUT2D eigenvalue weighted by atomic mass is 16.5. The van der Waals surface area contributed by atoms with Crippen LogP contribution in [0.4, 0.5) is 0 Å². The van der Waals surface area contributed by atoms with Gasteiger partial charge in [0.05, 0.1) is 12.7 Å². The van der Waals surface area contributed by atoms with E-state index < -0.39 is 0 Å². The average Bonchev–Trinajstić information content (AvgIpc) is 2.63. The molecule has 0 spiro atoms. The Morgan fingerprint density at radius 1 is 1.29 bits per heavy atom. The standard InChI is InChI=1S/C11H15BO2/c13-11-7-12-6-9(11)8-14-10-4-2-1-3-5-10/h1-5,9,11-13H,6-8H2/t9-,11+/m0/s1. The lowest BCUT2D eigenvalue weighted by molar-refractivity contribution is 0.109. The van der Waals surface area contributed by atoms with E-state index in [-0.39, 0.29) is 6.10 Å². The first kappa shape index (κ1) is 9.59. The van der Waals surface area contributed by atoms with Crippen molar-refractivity contribution in [1.29, 1.82) is 0 Å². The first-order valence-electron chi connectivity index (χ1n) is 5.22. The lowest BCUT2D eigenvalue weighted by Gasteiger charge is -2.15. The summed E-state index contributed by atoms with van der Waals surface area (Å²) in [5.74, 6) is 1.22. The number of benzene rings is 1. The molecule has 1 aromatic carbocycles. The molecule has 3 heteroatoms. The fourth-order valence-electron chi connectivity index (χ4n) is 1.93. The minimum absolute atomic E-state index is 0.154. The monoisotopic (exact) mass is 190 g/mol. The zero-order valence-electron chi connectivity index (χ0n) is 8.23. The van der Waals surface area contributed by atoms with Gasteiger partial charge in [0.25, 0.3) is 0 Å². The Bertz CT molecular complexity index is 276. The van der Waals surface area contributed by atoms with Gasteiger partial charge >= 0.3 is 0 Å². The third-order valence-corrected chi connectivity index (χ3v) is 2.83. The minimum Gasteiger partial charge on any atom is -0.493 e. The molecule has 1 saturated heterocycles.